The van der Waals surface area contributed by atoms with E-state index < -0.39 is 44.7 Å². The van der Waals surface area contributed by atoms with Crippen LogP contribution in [-0.2, 0) is 14.8 Å². The summed E-state index contributed by atoms with van der Waals surface area (Å²) < 4.78 is 51.8. The summed E-state index contributed by atoms with van der Waals surface area (Å²) in [5, 5.41) is 2.50. The lowest BCUT2D eigenvalue weighted by Gasteiger charge is -2.17. The van der Waals surface area contributed by atoms with Gasteiger partial charge < -0.3 is 11.1 Å². The minimum atomic E-state index is -4.28. The quantitative estimate of drug-likeness (QED) is 0.754. The van der Waals surface area contributed by atoms with Crippen molar-refractivity contribution in [1.29, 1.82) is 0 Å². The number of carbonyl (C=O) groups excluding carboxylic acids is 1. The van der Waals surface area contributed by atoms with Gasteiger partial charge >= 0.3 is 0 Å². The van der Waals surface area contributed by atoms with Gasteiger partial charge in [0.1, 0.15) is 16.4 Å². The highest BCUT2D eigenvalue weighted by molar-refractivity contribution is 7.89. The molecule has 6 nitrogen and oxygen atoms in total. The largest absolute Gasteiger partial charge is 0.394 e. The van der Waals surface area contributed by atoms with Gasteiger partial charge in [-0.25, -0.2) is 17.2 Å². The van der Waals surface area contributed by atoms with Crippen molar-refractivity contribution in [2.75, 3.05) is 25.9 Å². The average Bonchev–Trinajstić information content (AvgIpc) is 2.42. The molecule has 118 valence electrons. The highest BCUT2D eigenvalue weighted by atomic mass is 32.2. The number of anilines is 1. The molecule has 1 rings (SSSR count). The van der Waals surface area contributed by atoms with E-state index in [4.69, 9.17) is 5.73 Å². The zero-order valence-electron chi connectivity index (χ0n) is 11.7. The van der Waals surface area contributed by atoms with Crippen LogP contribution in [0.25, 0.3) is 0 Å². The zero-order chi connectivity index (χ0) is 16.2. The fourth-order valence-corrected chi connectivity index (χ4v) is 2.72. The standard InChI is InChI=1S/C12H17F2N3O3S/c1-3-6-16-10(18)7-17(2)21(19,20)9-5-4-8(13)12(15)11(9)14/h4-5H,3,6-7,15H2,1-2H3,(H,16,18). The van der Waals surface area contributed by atoms with Crippen LogP contribution < -0.4 is 11.1 Å². The van der Waals surface area contributed by atoms with Crippen LogP contribution in [0.15, 0.2) is 17.0 Å². The van der Waals surface area contributed by atoms with E-state index in [2.05, 4.69) is 5.32 Å². The van der Waals surface area contributed by atoms with Gasteiger partial charge in [0.2, 0.25) is 15.9 Å². The van der Waals surface area contributed by atoms with Crippen molar-refractivity contribution in [3.8, 4) is 0 Å². The second-order valence-corrected chi connectivity index (χ2v) is 6.40. The van der Waals surface area contributed by atoms with Crippen molar-refractivity contribution >= 4 is 21.6 Å². The van der Waals surface area contributed by atoms with Crippen LogP contribution in [0, 0.1) is 11.6 Å². The van der Waals surface area contributed by atoms with Gasteiger partial charge in [-0.05, 0) is 18.6 Å². The maximum absolute atomic E-state index is 13.8. The van der Waals surface area contributed by atoms with E-state index in [1.54, 1.807) is 0 Å². The van der Waals surface area contributed by atoms with E-state index in [-0.39, 0.29) is 0 Å². The third kappa shape index (κ3) is 3.88. The lowest BCUT2D eigenvalue weighted by atomic mass is 10.3. The Morgan fingerprint density at radius 2 is 2.00 bits per heavy atom. The average molecular weight is 321 g/mol. The molecule has 1 amide bonds. The second-order valence-electron chi connectivity index (χ2n) is 4.38. The van der Waals surface area contributed by atoms with Crippen molar-refractivity contribution in [1.82, 2.24) is 9.62 Å². The summed E-state index contributed by atoms with van der Waals surface area (Å²) in [5.41, 5.74) is 4.26. The molecule has 0 saturated carbocycles. The highest BCUT2D eigenvalue weighted by Crippen LogP contribution is 2.24. The zero-order valence-corrected chi connectivity index (χ0v) is 12.5. The topological polar surface area (TPSA) is 92.5 Å². The minimum absolute atomic E-state index is 0.407. The van der Waals surface area contributed by atoms with Gasteiger partial charge in [0, 0.05) is 13.6 Å². The molecule has 0 bridgehead atoms. The third-order valence-electron chi connectivity index (χ3n) is 2.72. The first-order valence-corrected chi connectivity index (χ1v) is 7.62. The summed E-state index contributed by atoms with van der Waals surface area (Å²) in [4.78, 5) is 10.7. The Morgan fingerprint density at radius 1 is 1.38 bits per heavy atom. The monoisotopic (exact) mass is 321 g/mol. The van der Waals surface area contributed by atoms with Gasteiger partial charge in [-0.1, -0.05) is 6.92 Å². The highest BCUT2D eigenvalue weighted by Gasteiger charge is 2.28. The van der Waals surface area contributed by atoms with Gasteiger partial charge in [-0.3, -0.25) is 4.79 Å². The van der Waals surface area contributed by atoms with Crippen LogP contribution in [0.4, 0.5) is 14.5 Å². The van der Waals surface area contributed by atoms with Gasteiger partial charge in [-0.2, -0.15) is 4.31 Å². The summed E-state index contributed by atoms with van der Waals surface area (Å²) in [6, 6.07) is 1.53. The smallest absolute Gasteiger partial charge is 0.246 e. The van der Waals surface area contributed by atoms with Gasteiger partial charge in [0.15, 0.2) is 5.82 Å². The fraction of sp³-hybridized carbons (Fsp3) is 0.417. The molecule has 3 N–H and O–H groups in total. The summed E-state index contributed by atoms with van der Waals surface area (Å²) in [6.07, 6.45) is 0.700. The van der Waals surface area contributed by atoms with E-state index in [1.165, 1.54) is 0 Å². The number of sulfonamides is 1. The van der Waals surface area contributed by atoms with Crippen LogP contribution in [0.3, 0.4) is 0 Å². The Hall–Kier alpha value is -1.74. The molecular weight excluding hydrogens is 304 g/mol. The number of nitrogen functional groups attached to an aromatic ring is 1. The van der Waals surface area contributed by atoms with Crippen LogP contribution in [-0.4, -0.2) is 38.8 Å². The lowest BCUT2D eigenvalue weighted by molar-refractivity contribution is -0.121. The number of rotatable bonds is 6. The van der Waals surface area contributed by atoms with Crippen LogP contribution in [0.1, 0.15) is 13.3 Å². The number of benzene rings is 1. The Balaban J connectivity index is 3.01. The Bertz CT molecular complexity index is 635. The number of halogens is 2. The molecule has 1 aromatic carbocycles. The Labute approximate surface area is 122 Å². The summed E-state index contributed by atoms with van der Waals surface area (Å²) in [6.45, 7) is 1.78. The molecule has 21 heavy (non-hydrogen) atoms. The third-order valence-corrected chi connectivity index (χ3v) is 4.54. The van der Waals surface area contributed by atoms with Crippen molar-refractivity contribution < 1.29 is 22.0 Å². The predicted molar refractivity (Wildman–Crippen MR) is 73.9 cm³/mol. The number of amides is 1. The van der Waals surface area contributed by atoms with Crippen molar-refractivity contribution in [2.24, 2.45) is 0 Å². The molecule has 0 aromatic heterocycles. The molecule has 0 aliphatic carbocycles. The number of carbonyl (C=O) groups is 1. The molecule has 1 aromatic rings. The summed E-state index contributed by atoms with van der Waals surface area (Å²) >= 11 is 0. The molecule has 0 fully saturated rings. The normalized spacial score (nSPS) is 11.7. The molecule has 0 atom stereocenters. The van der Waals surface area contributed by atoms with Crippen molar-refractivity contribution in [3.63, 3.8) is 0 Å². The number of hydrogen-bond acceptors (Lipinski definition) is 4. The first-order chi connectivity index (χ1) is 9.71. The summed E-state index contributed by atoms with van der Waals surface area (Å²) in [5.74, 6) is -2.93. The maximum Gasteiger partial charge on any atom is 0.246 e. The van der Waals surface area contributed by atoms with Gasteiger partial charge in [0.05, 0.1) is 6.54 Å². The molecule has 0 heterocycles. The fourth-order valence-electron chi connectivity index (χ4n) is 1.52. The number of nitrogens with one attached hydrogen (secondary N) is 1. The predicted octanol–water partition coefficient (Wildman–Crippen LogP) is 0.694. The maximum atomic E-state index is 13.8. The van der Waals surface area contributed by atoms with E-state index in [0.29, 0.717) is 17.3 Å². The molecule has 0 radical (unpaired) electrons. The van der Waals surface area contributed by atoms with Crippen molar-refractivity contribution in [2.45, 2.75) is 18.2 Å². The van der Waals surface area contributed by atoms with E-state index in [9.17, 15) is 22.0 Å². The Kier molecular flexibility index (Phi) is 5.62. The minimum Gasteiger partial charge on any atom is -0.394 e. The SMILES string of the molecule is CCCNC(=O)CN(C)S(=O)(=O)c1ccc(F)c(N)c1F. The molecular formula is C12H17F2N3O3S. The first kappa shape index (κ1) is 17.3. The molecule has 0 unspecified atom stereocenters. The second kappa shape index (κ2) is 6.81. The molecule has 0 saturated heterocycles. The van der Waals surface area contributed by atoms with E-state index in [0.717, 1.165) is 19.2 Å². The van der Waals surface area contributed by atoms with Gasteiger partial charge in [-0.15, -0.1) is 0 Å². The molecule has 0 spiro atoms. The molecule has 0 aliphatic rings. The van der Waals surface area contributed by atoms with Crippen LogP contribution >= 0.6 is 0 Å². The van der Waals surface area contributed by atoms with Gasteiger partial charge in [0.25, 0.3) is 0 Å². The van der Waals surface area contributed by atoms with Crippen molar-refractivity contribution in [3.05, 3.63) is 23.8 Å². The first-order valence-electron chi connectivity index (χ1n) is 6.18. The lowest BCUT2D eigenvalue weighted by Crippen LogP contribution is -2.38. The number of nitrogens with zero attached hydrogens (tertiary/aromatic N) is 1. The van der Waals surface area contributed by atoms with Crippen LogP contribution in [0.5, 0.6) is 0 Å². The van der Waals surface area contributed by atoms with E-state index in [1.807, 2.05) is 6.92 Å². The number of hydrogen-bond donors (Lipinski definition) is 2. The summed E-state index contributed by atoms with van der Waals surface area (Å²) in [7, 11) is -3.15. The number of likely N-dealkylation sites (N-methyl/N-ethyl adjacent to an activating group) is 1. The number of nitrogens with two attached hydrogens (primary N) is 1. The van der Waals surface area contributed by atoms with Crippen LogP contribution in [0.2, 0.25) is 0 Å². The molecule has 9 heteroatoms. The molecule has 0 aliphatic heterocycles. The Morgan fingerprint density at radius 3 is 2.57 bits per heavy atom. The van der Waals surface area contributed by atoms with E-state index >= 15 is 0 Å².